The van der Waals surface area contributed by atoms with Crippen LogP contribution in [0.25, 0.3) is 11.2 Å². The lowest BCUT2D eigenvalue weighted by Gasteiger charge is -2.46. The summed E-state index contributed by atoms with van der Waals surface area (Å²) in [6, 6.07) is 48.8. The lowest BCUT2D eigenvalue weighted by molar-refractivity contribution is -0.341. The Morgan fingerprint density at radius 3 is 1.62 bits per heavy atom. The van der Waals surface area contributed by atoms with E-state index in [-0.39, 0.29) is 43.2 Å². The van der Waals surface area contributed by atoms with Crippen LogP contribution >= 0.6 is 0 Å². The fourth-order valence-corrected chi connectivity index (χ4v) is 8.30. The van der Waals surface area contributed by atoms with Crippen molar-refractivity contribution < 1.29 is 43.4 Å². The fourth-order valence-electron chi connectivity index (χ4n) is 8.30. The average Bonchev–Trinajstić information content (AvgIpc) is 3.92. The summed E-state index contributed by atoms with van der Waals surface area (Å²) in [5.74, 6) is 0. The fraction of sp³-hybridized carbons (Fsp3) is 0.314. The summed E-state index contributed by atoms with van der Waals surface area (Å²) in [6.07, 6.45) is -6.27. The second kappa shape index (κ2) is 21.4. The van der Waals surface area contributed by atoms with Gasteiger partial charge in [0.05, 0.1) is 52.5 Å². The molecule has 0 amide bonds. The number of hydrogen-bond donors (Lipinski definition) is 2. The number of ether oxygens (including phenoxy) is 7. The van der Waals surface area contributed by atoms with Gasteiger partial charge in [0.15, 0.2) is 23.7 Å². The van der Waals surface area contributed by atoms with Gasteiger partial charge in [-0.15, -0.1) is 0 Å². The predicted molar refractivity (Wildman–Crippen MR) is 239 cm³/mol. The molecule has 9 rings (SSSR count). The van der Waals surface area contributed by atoms with Crippen LogP contribution < -0.4 is 5.56 Å². The largest absolute Gasteiger partial charge is 0.394 e. The average molecular weight is 881 g/mol. The monoisotopic (exact) mass is 880 g/mol. The third-order valence-electron chi connectivity index (χ3n) is 11.6. The molecule has 2 aliphatic heterocycles. The van der Waals surface area contributed by atoms with Crippen LogP contribution in [0.3, 0.4) is 0 Å². The molecule has 65 heavy (non-hydrogen) atoms. The van der Waals surface area contributed by atoms with E-state index in [1.54, 1.807) is 0 Å². The molecule has 5 aromatic carbocycles. The Morgan fingerprint density at radius 2 is 1.06 bits per heavy atom. The van der Waals surface area contributed by atoms with Crippen molar-refractivity contribution in [1.29, 1.82) is 0 Å². The number of aliphatic hydroxyl groups excluding tert-OH is 2. The van der Waals surface area contributed by atoms with Crippen molar-refractivity contribution in [2.24, 2.45) is 0 Å². The molecule has 4 heterocycles. The molecule has 2 N–H and O–H groups in total. The van der Waals surface area contributed by atoms with Gasteiger partial charge in [-0.2, -0.15) is 0 Å². The zero-order valence-corrected chi connectivity index (χ0v) is 35.7. The number of imidazole rings is 1. The van der Waals surface area contributed by atoms with Gasteiger partial charge in [-0.25, -0.2) is 9.97 Å². The first kappa shape index (κ1) is 44.3. The molecule has 0 unspecified atom stereocenters. The van der Waals surface area contributed by atoms with Gasteiger partial charge >= 0.3 is 0 Å². The Kier molecular flexibility index (Phi) is 14.6. The maximum absolute atomic E-state index is 13.6. The van der Waals surface area contributed by atoms with Crippen LogP contribution in [-0.2, 0) is 66.1 Å². The molecule has 0 radical (unpaired) electrons. The molecule has 2 aliphatic rings. The van der Waals surface area contributed by atoms with Gasteiger partial charge in [0.1, 0.15) is 49.1 Å². The summed E-state index contributed by atoms with van der Waals surface area (Å²) in [6.45, 7) is 0.845. The van der Waals surface area contributed by atoms with E-state index in [1.165, 1.54) is 21.8 Å². The number of aromatic nitrogens is 4. The van der Waals surface area contributed by atoms with Gasteiger partial charge in [0.25, 0.3) is 5.56 Å². The molecule has 7 aromatic rings. The second-order valence-electron chi connectivity index (χ2n) is 16.2. The highest BCUT2D eigenvalue weighted by Crippen LogP contribution is 2.37. The lowest BCUT2D eigenvalue weighted by atomic mass is 9.97. The van der Waals surface area contributed by atoms with E-state index in [4.69, 9.17) is 33.2 Å². The van der Waals surface area contributed by atoms with Crippen molar-refractivity contribution in [2.75, 3.05) is 13.2 Å². The summed E-state index contributed by atoms with van der Waals surface area (Å²) in [4.78, 5) is 22.6. The van der Waals surface area contributed by atoms with Gasteiger partial charge in [-0.05, 0) is 27.8 Å². The van der Waals surface area contributed by atoms with Crippen LogP contribution in [0, 0.1) is 0 Å². The summed E-state index contributed by atoms with van der Waals surface area (Å²) in [7, 11) is 0. The van der Waals surface area contributed by atoms with Gasteiger partial charge in [0, 0.05) is 0 Å². The second-order valence-corrected chi connectivity index (χ2v) is 16.2. The summed E-state index contributed by atoms with van der Waals surface area (Å²) >= 11 is 0. The lowest BCUT2D eigenvalue weighted by Crippen LogP contribution is -2.63. The highest BCUT2D eigenvalue weighted by Gasteiger charge is 2.53. The van der Waals surface area contributed by atoms with E-state index in [1.807, 2.05) is 152 Å². The van der Waals surface area contributed by atoms with E-state index < -0.39 is 61.9 Å². The van der Waals surface area contributed by atoms with Gasteiger partial charge < -0.3 is 43.4 Å². The molecule has 0 spiro atoms. The van der Waals surface area contributed by atoms with E-state index in [9.17, 15) is 15.0 Å². The SMILES string of the molecule is O=c1c2ncn([C@@H]3O[C@H](CO)[C@@H](O[C@H]4O[C@H](COCc5ccccc5)[C@@H](OCc5ccccc5)[C@H](OCc5ccccc5)[C@H]4OCc4ccccc4)[C@H]3O)c2ncn1Cc1ccccc1. The molecule has 336 valence electrons. The Balaban J connectivity index is 1.03. The highest BCUT2D eigenvalue weighted by molar-refractivity contribution is 5.69. The van der Waals surface area contributed by atoms with Crippen molar-refractivity contribution in [3.05, 3.63) is 202 Å². The number of nitrogens with zero attached hydrogens (tertiary/aromatic N) is 4. The Bertz CT molecular complexity index is 2590. The zero-order chi connectivity index (χ0) is 44.4. The first-order valence-corrected chi connectivity index (χ1v) is 21.8. The van der Waals surface area contributed by atoms with Crippen molar-refractivity contribution in [3.8, 4) is 0 Å². The number of aliphatic hydroxyl groups is 2. The molecular formula is C51H52N4O10. The first-order chi connectivity index (χ1) is 32.0. The minimum atomic E-state index is -1.39. The maximum Gasteiger partial charge on any atom is 0.281 e. The molecule has 9 atom stereocenters. The minimum absolute atomic E-state index is 0.0923. The zero-order valence-electron chi connectivity index (χ0n) is 35.7. The molecule has 14 nitrogen and oxygen atoms in total. The van der Waals surface area contributed by atoms with Crippen LogP contribution in [0.1, 0.15) is 34.0 Å². The quantitative estimate of drug-likeness (QED) is 0.0982. The van der Waals surface area contributed by atoms with Crippen LogP contribution in [0.4, 0.5) is 0 Å². The summed E-state index contributed by atoms with van der Waals surface area (Å²) in [5.41, 5.74) is 4.68. The molecular weight excluding hydrogens is 829 g/mol. The van der Waals surface area contributed by atoms with Crippen molar-refractivity contribution in [2.45, 2.75) is 88.2 Å². The van der Waals surface area contributed by atoms with Crippen molar-refractivity contribution in [1.82, 2.24) is 19.1 Å². The van der Waals surface area contributed by atoms with E-state index in [2.05, 4.69) is 9.97 Å². The third-order valence-corrected chi connectivity index (χ3v) is 11.6. The van der Waals surface area contributed by atoms with E-state index in [0.29, 0.717) is 13.2 Å². The summed E-state index contributed by atoms with van der Waals surface area (Å²) < 4.78 is 49.8. The third kappa shape index (κ3) is 10.6. The Morgan fingerprint density at radius 1 is 0.554 bits per heavy atom. The molecule has 0 bridgehead atoms. The smallest absolute Gasteiger partial charge is 0.281 e. The number of rotatable bonds is 19. The number of benzene rings is 5. The number of fused-ring (bicyclic) bond motifs is 1. The Hall–Kier alpha value is -5.91. The maximum atomic E-state index is 13.6. The predicted octanol–water partition coefficient (Wildman–Crippen LogP) is 5.98. The van der Waals surface area contributed by atoms with Crippen LogP contribution in [0.2, 0.25) is 0 Å². The van der Waals surface area contributed by atoms with Crippen molar-refractivity contribution in [3.63, 3.8) is 0 Å². The molecule has 2 saturated heterocycles. The molecule has 0 aliphatic carbocycles. The van der Waals surface area contributed by atoms with Gasteiger partial charge in [0.2, 0.25) is 0 Å². The molecule has 14 heteroatoms. The van der Waals surface area contributed by atoms with E-state index in [0.717, 1.165) is 27.8 Å². The molecule has 2 fully saturated rings. The topological polar surface area (TPSA) is 158 Å². The highest BCUT2D eigenvalue weighted by atomic mass is 16.7. The molecule has 2 aromatic heterocycles. The first-order valence-electron chi connectivity index (χ1n) is 21.8. The van der Waals surface area contributed by atoms with Crippen molar-refractivity contribution >= 4 is 11.2 Å². The minimum Gasteiger partial charge on any atom is -0.394 e. The van der Waals surface area contributed by atoms with E-state index >= 15 is 0 Å². The standard InChI is InChI=1S/C51H52N4O10/c56-27-40-44(43(57)50(63-40)55-34-52-42-48(55)53-33-54(49(42)58)26-35-16-6-1-7-17-35)65-51-47(62-31-39-24-14-5-15-25-39)46(61-30-38-22-12-4-13-23-38)45(60-29-37-20-10-3-11-21-37)41(64-51)32-59-28-36-18-8-2-9-19-36/h1-25,33-34,40-41,43-47,50-51,56-57H,26-32H2/t40-,41-,43-,44-,45-,46+,47-,50-,51-/m1/s1. The van der Waals surface area contributed by atoms with Crippen LogP contribution in [0.15, 0.2) is 169 Å². The number of hydrogen-bond acceptors (Lipinski definition) is 12. The Labute approximate surface area is 376 Å². The van der Waals surface area contributed by atoms with Gasteiger partial charge in [-0.1, -0.05) is 152 Å². The van der Waals surface area contributed by atoms with Crippen LogP contribution in [-0.4, -0.2) is 91.5 Å². The molecule has 0 saturated carbocycles. The summed E-state index contributed by atoms with van der Waals surface area (Å²) in [5, 5.41) is 22.9. The normalized spacial score (nSPS) is 24.4. The van der Waals surface area contributed by atoms with Crippen LogP contribution in [0.5, 0.6) is 0 Å². The van der Waals surface area contributed by atoms with Gasteiger partial charge in [-0.3, -0.25) is 13.9 Å².